The van der Waals surface area contributed by atoms with Crippen LogP contribution in [0.1, 0.15) is 239 Å². The van der Waals surface area contributed by atoms with Gasteiger partial charge in [0.2, 0.25) is 0 Å². The Hall–Kier alpha value is -3.67. The molecule has 0 radical (unpaired) electrons. The maximum absolute atomic E-state index is 12.8. The van der Waals surface area contributed by atoms with Crippen LogP contribution in [0, 0.1) is 0 Å². The number of esters is 3. The number of rotatable bonds is 47. The molecule has 0 saturated heterocycles. The zero-order valence-corrected chi connectivity index (χ0v) is 42.2. The highest BCUT2D eigenvalue weighted by Crippen LogP contribution is 2.14. The number of hydrogen-bond donors (Lipinski definition) is 0. The maximum Gasteiger partial charge on any atom is 0.306 e. The van der Waals surface area contributed by atoms with Crippen molar-refractivity contribution < 1.29 is 28.6 Å². The molecule has 6 heteroatoms. The highest BCUT2D eigenvalue weighted by molar-refractivity contribution is 5.71. The Morgan fingerprint density at radius 1 is 0.338 bits per heavy atom. The zero-order valence-electron chi connectivity index (χ0n) is 42.2. The summed E-state index contributed by atoms with van der Waals surface area (Å²) in [4.78, 5) is 38.0. The van der Waals surface area contributed by atoms with Gasteiger partial charge in [-0.1, -0.05) is 221 Å². The van der Waals surface area contributed by atoms with Gasteiger partial charge in [0.1, 0.15) is 13.2 Å². The van der Waals surface area contributed by atoms with E-state index >= 15 is 0 Å². The molecule has 0 aliphatic heterocycles. The topological polar surface area (TPSA) is 78.9 Å². The Morgan fingerprint density at radius 3 is 1.17 bits per heavy atom. The summed E-state index contributed by atoms with van der Waals surface area (Å²) in [5.41, 5.74) is 0. The average molecular weight is 903 g/mol. The largest absolute Gasteiger partial charge is 0.462 e. The van der Waals surface area contributed by atoms with Gasteiger partial charge in [-0.05, 0) is 96.3 Å². The smallest absolute Gasteiger partial charge is 0.306 e. The molecule has 0 aliphatic rings. The summed E-state index contributed by atoms with van der Waals surface area (Å²) in [6.45, 7) is 6.40. The SMILES string of the molecule is CC\C=C/C=C\C=C/CCCCCCCCCC(=O)OC(COC(=O)CCC/C=C\C/C=C\C/C=C\CCCCCCCC)COC(=O)CCCCCCCC/C=C\C=C/CCCCC. The molecule has 6 nitrogen and oxygen atoms in total. The van der Waals surface area contributed by atoms with E-state index in [0.29, 0.717) is 19.3 Å². The molecule has 0 aromatic rings. The molecule has 0 fully saturated rings. The lowest BCUT2D eigenvalue weighted by atomic mass is 10.1. The molecule has 370 valence electrons. The van der Waals surface area contributed by atoms with Gasteiger partial charge in [0.25, 0.3) is 0 Å². The third kappa shape index (κ3) is 51.2. The molecule has 0 saturated carbocycles. The van der Waals surface area contributed by atoms with E-state index in [1.165, 1.54) is 103 Å². The molecule has 0 amide bonds. The van der Waals surface area contributed by atoms with E-state index in [1.54, 1.807) is 0 Å². The van der Waals surface area contributed by atoms with Crippen LogP contribution in [0.2, 0.25) is 0 Å². The summed E-state index contributed by atoms with van der Waals surface area (Å²) in [6.07, 6.45) is 69.6. The van der Waals surface area contributed by atoms with Crippen molar-refractivity contribution in [2.24, 2.45) is 0 Å². The number of carbonyl (C=O) groups is 3. The first kappa shape index (κ1) is 61.3. The average Bonchev–Trinajstić information content (AvgIpc) is 3.30. The molecule has 0 heterocycles. The van der Waals surface area contributed by atoms with Crippen molar-refractivity contribution in [1.82, 2.24) is 0 Å². The first-order valence-corrected chi connectivity index (χ1v) is 26.8. The van der Waals surface area contributed by atoms with Gasteiger partial charge in [-0.2, -0.15) is 0 Å². The third-order valence-corrected chi connectivity index (χ3v) is 11.1. The van der Waals surface area contributed by atoms with E-state index in [0.717, 1.165) is 89.9 Å². The molecule has 1 unspecified atom stereocenters. The summed E-state index contributed by atoms with van der Waals surface area (Å²) < 4.78 is 16.8. The van der Waals surface area contributed by atoms with Gasteiger partial charge in [0.05, 0.1) is 0 Å². The van der Waals surface area contributed by atoms with Gasteiger partial charge in [0.15, 0.2) is 6.10 Å². The minimum atomic E-state index is -0.810. The van der Waals surface area contributed by atoms with Crippen LogP contribution >= 0.6 is 0 Å². The summed E-state index contributed by atoms with van der Waals surface area (Å²) in [7, 11) is 0. The van der Waals surface area contributed by atoms with E-state index in [-0.39, 0.29) is 37.5 Å². The zero-order chi connectivity index (χ0) is 47.2. The Balaban J connectivity index is 4.51. The molecular weight excluding hydrogens is 805 g/mol. The first-order valence-electron chi connectivity index (χ1n) is 26.8. The van der Waals surface area contributed by atoms with Crippen LogP contribution in [0.4, 0.5) is 0 Å². The first-order chi connectivity index (χ1) is 32.0. The lowest BCUT2D eigenvalue weighted by Crippen LogP contribution is -2.30. The van der Waals surface area contributed by atoms with E-state index in [1.807, 2.05) is 0 Å². The molecule has 0 aromatic carbocycles. The Kier molecular flexibility index (Phi) is 50.0. The van der Waals surface area contributed by atoms with Crippen LogP contribution in [-0.4, -0.2) is 37.2 Å². The molecule has 0 spiro atoms. The summed E-state index contributed by atoms with van der Waals surface area (Å²) in [6, 6.07) is 0. The van der Waals surface area contributed by atoms with Crippen LogP contribution in [0.15, 0.2) is 97.2 Å². The summed E-state index contributed by atoms with van der Waals surface area (Å²) in [5.74, 6) is -0.984. The molecule has 0 aliphatic carbocycles. The number of carbonyl (C=O) groups excluding carboxylic acids is 3. The minimum Gasteiger partial charge on any atom is -0.462 e. The molecular formula is C59H98O6. The Labute approximate surface area is 400 Å². The van der Waals surface area contributed by atoms with Gasteiger partial charge in [-0.3, -0.25) is 14.4 Å². The number of hydrogen-bond acceptors (Lipinski definition) is 6. The lowest BCUT2D eigenvalue weighted by molar-refractivity contribution is -0.167. The highest BCUT2D eigenvalue weighted by atomic mass is 16.6. The van der Waals surface area contributed by atoms with Crippen LogP contribution in [-0.2, 0) is 28.6 Å². The summed E-state index contributed by atoms with van der Waals surface area (Å²) in [5, 5.41) is 0. The fourth-order valence-corrected chi connectivity index (χ4v) is 7.10. The second-order valence-corrected chi connectivity index (χ2v) is 17.5. The van der Waals surface area contributed by atoms with Crippen LogP contribution in [0.3, 0.4) is 0 Å². The van der Waals surface area contributed by atoms with Crippen molar-refractivity contribution in [2.75, 3.05) is 13.2 Å². The van der Waals surface area contributed by atoms with E-state index in [4.69, 9.17) is 14.2 Å². The van der Waals surface area contributed by atoms with Gasteiger partial charge in [0, 0.05) is 19.3 Å². The van der Waals surface area contributed by atoms with Crippen LogP contribution < -0.4 is 0 Å². The molecule has 0 N–H and O–H groups in total. The molecule has 0 bridgehead atoms. The van der Waals surface area contributed by atoms with Gasteiger partial charge in [-0.25, -0.2) is 0 Å². The van der Waals surface area contributed by atoms with Crippen LogP contribution in [0.25, 0.3) is 0 Å². The number of ether oxygens (including phenoxy) is 3. The third-order valence-electron chi connectivity index (χ3n) is 11.1. The van der Waals surface area contributed by atoms with Crippen molar-refractivity contribution in [3.63, 3.8) is 0 Å². The fourth-order valence-electron chi connectivity index (χ4n) is 7.10. The normalized spacial score (nSPS) is 12.8. The lowest BCUT2D eigenvalue weighted by Gasteiger charge is -2.18. The predicted octanol–water partition coefficient (Wildman–Crippen LogP) is 17.8. The van der Waals surface area contributed by atoms with Gasteiger partial charge >= 0.3 is 17.9 Å². The monoisotopic (exact) mass is 903 g/mol. The van der Waals surface area contributed by atoms with Crippen LogP contribution in [0.5, 0.6) is 0 Å². The van der Waals surface area contributed by atoms with Crippen molar-refractivity contribution in [3.8, 4) is 0 Å². The van der Waals surface area contributed by atoms with Crippen molar-refractivity contribution in [2.45, 2.75) is 245 Å². The quantitative estimate of drug-likeness (QED) is 0.0199. The van der Waals surface area contributed by atoms with E-state index in [9.17, 15) is 14.4 Å². The van der Waals surface area contributed by atoms with Gasteiger partial charge in [-0.15, -0.1) is 0 Å². The minimum absolute atomic E-state index is 0.105. The molecule has 65 heavy (non-hydrogen) atoms. The fraction of sp³-hybridized carbons (Fsp3) is 0.678. The number of allylic oxidation sites excluding steroid dienone is 16. The van der Waals surface area contributed by atoms with Crippen molar-refractivity contribution >= 4 is 17.9 Å². The Bertz CT molecular complexity index is 1310. The summed E-state index contributed by atoms with van der Waals surface area (Å²) >= 11 is 0. The highest BCUT2D eigenvalue weighted by Gasteiger charge is 2.19. The predicted molar refractivity (Wildman–Crippen MR) is 279 cm³/mol. The van der Waals surface area contributed by atoms with E-state index in [2.05, 4.69) is 118 Å². The standard InChI is InChI=1S/C59H98O6/c1-4-7-10-13-16-19-22-25-28-29-32-34-37-40-43-46-49-52-58(61)64-55-56(65-59(62)53-50-47-44-41-38-35-31-27-24-21-18-15-12-9-6-3)54-63-57(60)51-48-45-42-39-36-33-30-26-23-20-17-14-11-8-5-2/h9,12,15,17-18,20-21,23-26,28,32,34,40,43,56H,4-8,10-11,13-14,16,19,22,27,29-31,33,35-39,41-42,44-55H2,1-3H3/b12-9-,18-15-,20-17-,24-21-,26-23-,28-25-,34-32-,43-40-. The number of unbranched alkanes of at least 4 members (excludes halogenated alkanes) is 23. The molecule has 1 atom stereocenters. The Morgan fingerprint density at radius 2 is 0.677 bits per heavy atom. The second kappa shape index (κ2) is 52.9. The van der Waals surface area contributed by atoms with E-state index < -0.39 is 6.10 Å². The second-order valence-electron chi connectivity index (χ2n) is 17.5. The van der Waals surface area contributed by atoms with Crippen molar-refractivity contribution in [3.05, 3.63) is 97.2 Å². The van der Waals surface area contributed by atoms with Crippen molar-refractivity contribution in [1.29, 1.82) is 0 Å². The molecule has 0 aromatic heterocycles. The molecule has 0 rings (SSSR count). The van der Waals surface area contributed by atoms with Gasteiger partial charge < -0.3 is 14.2 Å². The maximum atomic E-state index is 12.8.